The molecule has 3 amide bonds. The van der Waals surface area contributed by atoms with Crippen molar-refractivity contribution in [1.29, 1.82) is 0 Å². The maximum absolute atomic E-state index is 13.3. The number of likely N-dealkylation sites (tertiary alicyclic amines) is 1. The van der Waals surface area contributed by atoms with Crippen molar-refractivity contribution < 1.29 is 14.4 Å². The normalized spacial score (nSPS) is 16.5. The molecule has 4 rings (SSSR count). The van der Waals surface area contributed by atoms with Crippen LogP contribution in [-0.2, 0) is 16.1 Å². The van der Waals surface area contributed by atoms with Crippen LogP contribution in [0.1, 0.15) is 49.0 Å². The molecule has 1 heterocycles. The van der Waals surface area contributed by atoms with Crippen molar-refractivity contribution in [3.05, 3.63) is 77.9 Å². The lowest BCUT2D eigenvalue weighted by Gasteiger charge is -2.32. The van der Waals surface area contributed by atoms with E-state index in [0.29, 0.717) is 25.2 Å². The minimum absolute atomic E-state index is 0.00755. The maximum Gasteiger partial charge on any atom is 0.254 e. The maximum atomic E-state index is 13.3. The summed E-state index contributed by atoms with van der Waals surface area (Å²) in [7, 11) is 0. The highest BCUT2D eigenvalue weighted by atomic mass is 16.2. The van der Waals surface area contributed by atoms with Crippen molar-refractivity contribution in [2.45, 2.75) is 39.7 Å². The van der Waals surface area contributed by atoms with Crippen LogP contribution in [0.4, 0.5) is 5.69 Å². The number of rotatable bonds is 7. The molecule has 0 spiro atoms. The number of nitrogens with zero attached hydrogens (tertiary/aromatic N) is 1. The standard InChI is InChI=1S/C29H33N3O3/c1-3-20(2)27(33)31-24-13-6-9-21(17-24)18-30-28(34)23-12-8-16-32(19-23)29(35)26-15-7-11-22-10-4-5-14-25(22)26/h4-7,9-11,13-15,17,20,23H,3,8,12,16,18-19H2,1-2H3,(H,30,34)(H,31,33). The molecule has 0 saturated carbocycles. The molecule has 1 aliphatic heterocycles. The summed E-state index contributed by atoms with van der Waals surface area (Å²) < 4.78 is 0. The number of anilines is 1. The first-order valence-corrected chi connectivity index (χ1v) is 12.4. The van der Waals surface area contributed by atoms with Crippen LogP contribution in [0.5, 0.6) is 0 Å². The predicted molar refractivity (Wildman–Crippen MR) is 139 cm³/mol. The van der Waals surface area contributed by atoms with E-state index in [1.165, 1.54) is 0 Å². The predicted octanol–water partition coefficient (Wildman–Crippen LogP) is 4.99. The van der Waals surface area contributed by atoms with Crippen LogP contribution in [-0.4, -0.2) is 35.7 Å². The molecule has 0 bridgehead atoms. The van der Waals surface area contributed by atoms with E-state index >= 15 is 0 Å². The number of hydrogen-bond acceptors (Lipinski definition) is 3. The van der Waals surface area contributed by atoms with Crippen LogP contribution in [0.3, 0.4) is 0 Å². The van der Waals surface area contributed by atoms with Gasteiger partial charge in [-0.25, -0.2) is 0 Å². The smallest absolute Gasteiger partial charge is 0.254 e. The molecule has 35 heavy (non-hydrogen) atoms. The molecule has 2 N–H and O–H groups in total. The molecule has 1 fully saturated rings. The van der Waals surface area contributed by atoms with Gasteiger partial charge in [-0.15, -0.1) is 0 Å². The van der Waals surface area contributed by atoms with Crippen molar-refractivity contribution in [2.24, 2.45) is 11.8 Å². The summed E-state index contributed by atoms with van der Waals surface area (Å²) in [5, 5.41) is 7.93. The Kier molecular flexibility index (Phi) is 7.80. The molecular formula is C29H33N3O3. The molecule has 1 aliphatic rings. The van der Waals surface area contributed by atoms with Crippen LogP contribution in [0, 0.1) is 11.8 Å². The highest BCUT2D eigenvalue weighted by Gasteiger charge is 2.29. The van der Waals surface area contributed by atoms with Crippen LogP contribution in [0.15, 0.2) is 66.7 Å². The zero-order valence-electron chi connectivity index (χ0n) is 20.4. The second kappa shape index (κ2) is 11.2. The summed E-state index contributed by atoms with van der Waals surface area (Å²) in [6, 6.07) is 21.2. The van der Waals surface area contributed by atoms with Crippen LogP contribution >= 0.6 is 0 Å². The lowest BCUT2D eigenvalue weighted by molar-refractivity contribution is -0.126. The highest BCUT2D eigenvalue weighted by molar-refractivity contribution is 6.07. The first-order valence-electron chi connectivity index (χ1n) is 12.4. The molecule has 0 aliphatic carbocycles. The summed E-state index contributed by atoms with van der Waals surface area (Å²) in [6.07, 6.45) is 2.34. The number of carbonyl (C=O) groups excluding carboxylic acids is 3. The number of carbonyl (C=O) groups is 3. The van der Waals surface area contributed by atoms with E-state index in [2.05, 4.69) is 10.6 Å². The monoisotopic (exact) mass is 471 g/mol. The Labute approximate surface area is 206 Å². The van der Waals surface area contributed by atoms with Gasteiger partial charge in [-0.1, -0.05) is 62.4 Å². The molecule has 0 aromatic heterocycles. The molecule has 6 nitrogen and oxygen atoms in total. The van der Waals surface area contributed by atoms with Gasteiger partial charge in [-0.2, -0.15) is 0 Å². The van der Waals surface area contributed by atoms with Crippen LogP contribution in [0.25, 0.3) is 10.8 Å². The van der Waals surface area contributed by atoms with Crippen LogP contribution in [0.2, 0.25) is 0 Å². The largest absolute Gasteiger partial charge is 0.352 e. The summed E-state index contributed by atoms with van der Waals surface area (Å²) in [5.41, 5.74) is 2.33. The van der Waals surface area contributed by atoms with Crippen molar-refractivity contribution >= 4 is 34.2 Å². The molecule has 6 heteroatoms. The minimum atomic E-state index is -0.240. The van der Waals surface area contributed by atoms with Gasteiger partial charge in [0.1, 0.15) is 0 Å². The van der Waals surface area contributed by atoms with Gasteiger partial charge in [0.2, 0.25) is 11.8 Å². The topological polar surface area (TPSA) is 78.5 Å². The Bertz CT molecular complexity index is 1220. The highest BCUT2D eigenvalue weighted by Crippen LogP contribution is 2.24. The number of piperidine rings is 1. The average Bonchev–Trinajstić information content (AvgIpc) is 2.90. The summed E-state index contributed by atoms with van der Waals surface area (Å²) in [4.78, 5) is 40.3. The van der Waals surface area contributed by atoms with Crippen molar-refractivity contribution in [2.75, 3.05) is 18.4 Å². The lowest BCUT2D eigenvalue weighted by Crippen LogP contribution is -2.45. The summed E-state index contributed by atoms with van der Waals surface area (Å²) >= 11 is 0. The Hall–Kier alpha value is -3.67. The summed E-state index contributed by atoms with van der Waals surface area (Å²) in [5.74, 6) is -0.370. The van der Waals surface area contributed by atoms with E-state index < -0.39 is 0 Å². The van der Waals surface area contributed by atoms with Gasteiger partial charge in [-0.3, -0.25) is 14.4 Å². The van der Waals surface area contributed by atoms with Gasteiger partial charge in [0.05, 0.1) is 5.92 Å². The Morgan fingerprint density at radius 3 is 2.63 bits per heavy atom. The molecule has 182 valence electrons. The number of benzene rings is 3. The van der Waals surface area contributed by atoms with E-state index in [0.717, 1.165) is 41.3 Å². The third-order valence-corrected chi connectivity index (χ3v) is 6.82. The first-order chi connectivity index (χ1) is 17.0. The SMILES string of the molecule is CCC(C)C(=O)Nc1cccc(CNC(=O)C2CCCN(C(=O)c3cccc4ccccc34)C2)c1. The zero-order chi connectivity index (χ0) is 24.8. The van der Waals surface area contributed by atoms with Gasteiger partial charge < -0.3 is 15.5 Å². The number of amides is 3. The average molecular weight is 472 g/mol. The molecule has 2 unspecified atom stereocenters. The van der Waals surface area contributed by atoms with E-state index in [1.807, 2.05) is 80.6 Å². The van der Waals surface area contributed by atoms with Gasteiger partial charge >= 0.3 is 0 Å². The Morgan fingerprint density at radius 1 is 1.03 bits per heavy atom. The molecule has 3 aromatic rings. The van der Waals surface area contributed by atoms with E-state index in [4.69, 9.17) is 0 Å². The quantitative estimate of drug-likeness (QED) is 0.509. The van der Waals surface area contributed by atoms with Gasteiger partial charge in [0.25, 0.3) is 5.91 Å². The third kappa shape index (κ3) is 5.88. The molecule has 2 atom stereocenters. The first kappa shape index (κ1) is 24.5. The Morgan fingerprint density at radius 2 is 1.80 bits per heavy atom. The number of nitrogens with one attached hydrogen (secondary N) is 2. The van der Waals surface area contributed by atoms with E-state index in [9.17, 15) is 14.4 Å². The Balaban J connectivity index is 1.36. The zero-order valence-corrected chi connectivity index (χ0v) is 20.4. The van der Waals surface area contributed by atoms with Gasteiger partial charge in [-0.05, 0) is 53.8 Å². The van der Waals surface area contributed by atoms with Gasteiger partial charge in [0.15, 0.2) is 0 Å². The molecular weight excluding hydrogens is 438 g/mol. The fourth-order valence-electron chi connectivity index (χ4n) is 4.50. The minimum Gasteiger partial charge on any atom is -0.352 e. The van der Waals surface area contributed by atoms with Crippen molar-refractivity contribution in [1.82, 2.24) is 10.2 Å². The lowest BCUT2D eigenvalue weighted by atomic mass is 9.95. The van der Waals surface area contributed by atoms with E-state index in [1.54, 1.807) is 4.90 Å². The molecule has 0 radical (unpaired) electrons. The van der Waals surface area contributed by atoms with Crippen molar-refractivity contribution in [3.63, 3.8) is 0 Å². The third-order valence-electron chi connectivity index (χ3n) is 6.82. The number of fused-ring (bicyclic) bond motifs is 1. The summed E-state index contributed by atoms with van der Waals surface area (Å²) in [6.45, 7) is 5.33. The molecule has 3 aromatic carbocycles. The number of hydrogen-bond donors (Lipinski definition) is 2. The van der Waals surface area contributed by atoms with Crippen LogP contribution < -0.4 is 10.6 Å². The van der Waals surface area contributed by atoms with Crippen molar-refractivity contribution in [3.8, 4) is 0 Å². The second-order valence-electron chi connectivity index (χ2n) is 9.33. The van der Waals surface area contributed by atoms with Gasteiger partial charge in [0, 0.05) is 36.8 Å². The second-order valence-corrected chi connectivity index (χ2v) is 9.33. The van der Waals surface area contributed by atoms with E-state index in [-0.39, 0.29) is 29.6 Å². The fraction of sp³-hybridized carbons (Fsp3) is 0.345. The molecule has 1 saturated heterocycles. The fourth-order valence-corrected chi connectivity index (χ4v) is 4.50.